The summed E-state index contributed by atoms with van der Waals surface area (Å²) >= 11 is 0. The third-order valence-corrected chi connectivity index (χ3v) is 4.25. The Labute approximate surface area is 115 Å². The van der Waals surface area contributed by atoms with Crippen molar-refractivity contribution in [2.24, 2.45) is 5.92 Å². The lowest BCUT2D eigenvalue weighted by Crippen LogP contribution is -2.37. The van der Waals surface area contributed by atoms with Crippen molar-refractivity contribution in [2.45, 2.75) is 18.9 Å². The van der Waals surface area contributed by atoms with E-state index < -0.39 is 0 Å². The monoisotopic (exact) mass is 254 g/mol. The number of piperidine rings is 1. The Balaban J connectivity index is 1.91. The smallest absolute Gasteiger partial charge is 0.0358 e. The molecule has 0 radical (unpaired) electrons. The highest BCUT2D eigenvalue weighted by atomic mass is 14.9. The summed E-state index contributed by atoms with van der Waals surface area (Å²) in [6.07, 6.45) is 2.60. The van der Waals surface area contributed by atoms with Crippen LogP contribution in [0, 0.1) is 5.92 Å². The van der Waals surface area contributed by atoms with Crippen molar-refractivity contribution < 1.29 is 0 Å². The van der Waals surface area contributed by atoms with Gasteiger partial charge >= 0.3 is 0 Å². The molecule has 19 heavy (non-hydrogen) atoms. The first kappa shape index (κ1) is 12.6. The quantitative estimate of drug-likeness (QED) is 0.879. The van der Waals surface area contributed by atoms with E-state index in [1.54, 1.807) is 0 Å². The fourth-order valence-corrected chi connectivity index (χ4v) is 3.24. The molecule has 2 nitrogen and oxygen atoms in total. The molecule has 3 rings (SSSR count). The molecule has 2 aromatic carbocycles. The second-order valence-electron chi connectivity index (χ2n) is 5.48. The first-order chi connectivity index (χ1) is 9.38. The van der Waals surface area contributed by atoms with E-state index in [1.165, 1.54) is 35.7 Å². The van der Waals surface area contributed by atoms with Crippen LogP contribution in [-0.4, -0.2) is 20.1 Å². The Morgan fingerprint density at radius 3 is 2.74 bits per heavy atom. The molecule has 2 N–H and O–H groups in total. The van der Waals surface area contributed by atoms with Crippen LogP contribution in [-0.2, 0) is 0 Å². The third kappa shape index (κ3) is 2.65. The molecule has 1 fully saturated rings. The molecule has 0 aromatic heterocycles. The SMILES string of the molecule is CNC(c1ccc2ccccc2c1)C1CCCNC1. The van der Waals surface area contributed by atoms with Crippen LogP contribution in [0.1, 0.15) is 24.4 Å². The van der Waals surface area contributed by atoms with Gasteiger partial charge in [-0.05, 0) is 61.3 Å². The van der Waals surface area contributed by atoms with E-state index in [4.69, 9.17) is 0 Å². The molecule has 0 spiro atoms. The maximum atomic E-state index is 3.52. The summed E-state index contributed by atoms with van der Waals surface area (Å²) in [6, 6.07) is 15.9. The molecule has 2 unspecified atom stereocenters. The van der Waals surface area contributed by atoms with E-state index in [1.807, 2.05) is 0 Å². The number of hydrogen-bond acceptors (Lipinski definition) is 2. The zero-order valence-electron chi connectivity index (χ0n) is 11.5. The first-order valence-corrected chi connectivity index (χ1v) is 7.25. The molecule has 1 saturated heterocycles. The minimum Gasteiger partial charge on any atom is -0.316 e. The van der Waals surface area contributed by atoms with Crippen LogP contribution in [0.25, 0.3) is 10.8 Å². The van der Waals surface area contributed by atoms with Gasteiger partial charge in [0.1, 0.15) is 0 Å². The van der Waals surface area contributed by atoms with Crippen molar-refractivity contribution >= 4 is 10.8 Å². The summed E-state index contributed by atoms with van der Waals surface area (Å²) in [6.45, 7) is 2.29. The number of hydrogen-bond donors (Lipinski definition) is 2. The third-order valence-electron chi connectivity index (χ3n) is 4.25. The summed E-state index contributed by atoms with van der Waals surface area (Å²) in [5, 5.41) is 9.69. The molecule has 1 heterocycles. The van der Waals surface area contributed by atoms with Crippen LogP contribution >= 0.6 is 0 Å². The van der Waals surface area contributed by atoms with E-state index in [2.05, 4.69) is 60.1 Å². The maximum Gasteiger partial charge on any atom is 0.0358 e. The second-order valence-corrected chi connectivity index (χ2v) is 5.48. The maximum absolute atomic E-state index is 3.52. The van der Waals surface area contributed by atoms with Crippen LogP contribution in [0.3, 0.4) is 0 Å². The van der Waals surface area contributed by atoms with Crippen molar-refractivity contribution in [1.29, 1.82) is 0 Å². The van der Waals surface area contributed by atoms with Gasteiger partial charge < -0.3 is 10.6 Å². The van der Waals surface area contributed by atoms with Gasteiger partial charge in [-0.25, -0.2) is 0 Å². The number of nitrogens with one attached hydrogen (secondary N) is 2. The van der Waals surface area contributed by atoms with Gasteiger partial charge in [0.15, 0.2) is 0 Å². The average Bonchev–Trinajstić information content (AvgIpc) is 2.49. The van der Waals surface area contributed by atoms with Crippen molar-refractivity contribution in [3.8, 4) is 0 Å². The molecule has 2 heteroatoms. The van der Waals surface area contributed by atoms with Gasteiger partial charge in [-0.1, -0.05) is 36.4 Å². The molecule has 100 valence electrons. The zero-order valence-corrected chi connectivity index (χ0v) is 11.5. The average molecular weight is 254 g/mol. The van der Waals surface area contributed by atoms with Crippen LogP contribution in [0.2, 0.25) is 0 Å². The second kappa shape index (κ2) is 5.72. The van der Waals surface area contributed by atoms with Crippen molar-refractivity contribution in [3.63, 3.8) is 0 Å². The van der Waals surface area contributed by atoms with Crippen molar-refractivity contribution in [2.75, 3.05) is 20.1 Å². The standard InChI is InChI=1S/C17H22N2/c1-18-17(16-7-4-10-19-12-16)15-9-8-13-5-2-3-6-14(13)11-15/h2-3,5-6,8-9,11,16-19H,4,7,10,12H2,1H3. The largest absolute Gasteiger partial charge is 0.316 e. The lowest BCUT2D eigenvalue weighted by molar-refractivity contribution is 0.298. The van der Waals surface area contributed by atoms with E-state index >= 15 is 0 Å². The Bertz CT molecular complexity index is 544. The van der Waals surface area contributed by atoms with Crippen LogP contribution in [0.5, 0.6) is 0 Å². The molecule has 0 bridgehead atoms. The zero-order chi connectivity index (χ0) is 13.1. The van der Waals surface area contributed by atoms with Crippen molar-refractivity contribution in [1.82, 2.24) is 10.6 Å². The summed E-state index contributed by atoms with van der Waals surface area (Å²) in [5.74, 6) is 0.694. The normalized spacial score (nSPS) is 21.4. The topological polar surface area (TPSA) is 24.1 Å². The number of fused-ring (bicyclic) bond motifs is 1. The van der Waals surface area contributed by atoms with Gasteiger partial charge in [0, 0.05) is 6.04 Å². The van der Waals surface area contributed by atoms with Crippen LogP contribution in [0.15, 0.2) is 42.5 Å². The molecule has 1 aliphatic heterocycles. The van der Waals surface area contributed by atoms with E-state index in [0.29, 0.717) is 12.0 Å². The highest BCUT2D eigenvalue weighted by Gasteiger charge is 2.23. The first-order valence-electron chi connectivity index (χ1n) is 7.25. The Hall–Kier alpha value is -1.38. The van der Waals surface area contributed by atoms with E-state index in [-0.39, 0.29) is 0 Å². The predicted molar refractivity (Wildman–Crippen MR) is 81.3 cm³/mol. The minimum absolute atomic E-state index is 0.456. The minimum atomic E-state index is 0.456. The highest BCUT2D eigenvalue weighted by molar-refractivity contribution is 5.83. The highest BCUT2D eigenvalue weighted by Crippen LogP contribution is 2.29. The van der Waals surface area contributed by atoms with E-state index in [9.17, 15) is 0 Å². The Morgan fingerprint density at radius 1 is 1.16 bits per heavy atom. The molecular weight excluding hydrogens is 232 g/mol. The Morgan fingerprint density at radius 2 is 2.00 bits per heavy atom. The van der Waals surface area contributed by atoms with Gasteiger partial charge in [-0.15, -0.1) is 0 Å². The molecule has 1 aliphatic rings. The van der Waals surface area contributed by atoms with Crippen LogP contribution in [0.4, 0.5) is 0 Å². The van der Waals surface area contributed by atoms with Gasteiger partial charge in [-0.2, -0.15) is 0 Å². The predicted octanol–water partition coefficient (Wildman–Crippen LogP) is 3.10. The molecule has 2 atom stereocenters. The van der Waals surface area contributed by atoms with Gasteiger partial charge in [-0.3, -0.25) is 0 Å². The van der Waals surface area contributed by atoms with E-state index in [0.717, 1.165) is 6.54 Å². The fourth-order valence-electron chi connectivity index (χ4n) is 3.24. The number of rotatable bonds is 3. The lowest BCUT2D eigenvalue weighted by atomic mass is 9.86. The van der Waals surface area contributed by atoms with Crippen LogP contribution < -0.4 is 10.6 Å². The van der Waals surface area contributed by atoms with Gasteiger partial charge in [0.2, 0.25) is 0 Å². The molecule has 2 aromatic rings. The van der Waals surface area contributed by atoms with Gasteiger partial charge in [0.05, 0.1) is 0 Å². The summed E-state index contributed by atoms with van der Waals surface area (Å²) in [5.41, 5.74) is 1.41. The van der Waals surface area contributed by atoms with Gasteiger partial charge in [0.25, 0.3) is 0 Å². The molecule has 0 amide bonds. The summed E-state index contributed by atoms with van der Waals surface area (Å²) in [4.78, 5) is 0. The lowest BCUT2D eigenvalue weighted by Gasteiger charge is -2.31. The number of benzene rings is 2. The Kier molecular flexibility index (Phi) is 3.81. The molecule has 0 saturated carbocycles. The van der Waals surface area contributed by atoms with Crippen molar-refractivity contribution in [3.05, 3.63) is 48.0 Å². The molecule has 0 aliphatic carbocycles. The fraction of sp³-hybridized carbons (Fsp3) is 0.412. The summed E-state index contributed by atoms with van der Waals surface area (Å²) < 4.78 is 0. The summed E-state index contributed by atoms with van der Waals surface area (Å²) in [7, 11) is 2.08. The molecular formula is C17H22N2.